The van der Waals surface area contributed by atoms with Crippen LogP contribution < -0.4 is 5.32 Å². The third-order valence-corrected chi connectivity index (χ3v) is 3.29. The molecule has 2 fully saturated rings. The lowest BCUT2D eigenvalue weighted by molar-refractivity contribution is 0.142. The summed E-state index contributed by atoms with van der Waals surface area (Å²) in [5, 5.41) is 13.1. The lowest BCUT2D eigenvalue weighted by atomic mass is 10.1. The van der Waals surface area contributed by atoms with Gasteiger partial charge in [-0.05, 0) is 44.9 Å². The molecule has 0 spiro atoms. The number of hydrogen-bond acceptors (Lipinski definition) is 2. The third kappa shape index (κ3) is 1.80. The molecule has 0 bridgehead atoms. The highest BCUT2D eigenvalue weighted by Crippen LogP contribution is 2.33. The first-order chi connectivity index (χ1) is 5.77. The molecule has 0 radical (unpaired) electrons. The Kier molecular flexibility index (Phi) is 2.37. The van der Waals surface area contributed by atoms with E-state index in [1.807, 2.05) is 0 Å². The molecule has 2 aliphatic carbocycles. The van der Waals surface area contributed by atoms with Crippen molar-refractivity contribution in [1.29, 1.82) is 0 Å². The molecular weight excluding hydrogens is 150 g/mol. The summed E-state index contributed by atoms with van der Waals surface area (Å²) in [5.41, 5.74) is 0. The Morgan fingerprint density at radius 3 is 2.50 bits per heavy atom. The lowest BCUT2D eigenvalue weighted by Gasteiger charge is -2.21. The molecule has 0 aliphatic heterocycles. The van der Waals surface area contributed by atoms with Gasteiger partial charge >= 0.3 is 0 Å². The number of nitrogens with one attached hydrogen (secondary N) is 1. The molecule has 3 unspecified atom stereocenters. The van der Waals surface area contributed by atoms with E-state index in [-0.39, 0.29) is 6.10 Å². The molecule has 0 aromatic heterocycles. The van der Waals surface area contributed by atoms with E-state index in [2.05, 4.69) is 12.2 Å². The van der Waals surface area contributed by atoms with Gasteiger partial charge in [-0.25, -0.2) is 0 Å². The first-order valence-electron chi connectivity index (χ1n) is 5.21. The highest BCUT2D eigenvalue weighted by molar-refractivity contribution is 4.90. The van der Waals surface area contributed by atoms with E-state index in [4.69, 9.17) is 0 Å². The Labute approximate surface area is 74.4 Å². The highest BCUT2D eigenvalue weighted by atomic mass is 16.3. The lowest BCUT2D eigenvalue weighted by Crippen LogP contribution is -2.42. The zero-order valence-electron chi connectivity index (χ0n) is 7.79. The van der Waals surface area contributed by atoms with Crippen LogP contribution in [0.25, 0.3) is 0 Å². The van der Waals surface area contributed by atoms with Crippen molar-refractivity contribution < 1.29 is 5.11 Å². The maximum atomic E-state index is 9.58. The molecule has 0 saturated heterocycles. The van der Waals surface area contributed by atoms with Crippen LogP contribution in [0, 0.1) is 5.92 Å². The van der Waals surface area contributed by atoms with Gasteiger partial charge in [-0.2, -0.15) is 0 Å². The van der Waals surface area contributed by atoms with Crippen LogP contribution in [-0.2, 0) is 0 Å². The average molecular weight is 169 g/mol. The second-order valence-corrected chi connectivity index (χ2v) is 4.40. The van der Waals surface area contributed by atoms with Crippen molar-refractivity contribution in [3.63, 3.8) is 0 Å². The van der Waals surface area contributed by atoms with Crippen LogP contribution in [0.15, 0.2) is 0 Å². The van der Waals surface area contributed by atoms with Gasteiger partial charge in [0.15, 0.2) is 0 Å². The fourth-order valence-corrected chi connectivity index (χ4v) is 2.20. The summed E-state index contributed by atoms with van der Waals surface area (Å²) in [6, 6.07) is 1.02. The maximum Gasteiger partial charge on any atom is 0.0693 e. The van der Waals surface area contributed by atoms with E-state index < -0.39 is 0 Å². The standard InChI is InChI=1S/C10H19NO/c1-7(8-5-6-8)11-9-3-2-4-10(9)12/h7-12H,2-6H2,1H3. The summed E-state index contributed by atoms with van der Waals surface area (Å²) in [5.74, 6) is 0.901. The Hall–Kier alpha value is -0.0800. The minimum Gasteiger partial charge on any atom is -0.392 e. The molecular formula is C10H19NO. The molecule has 0 aromatic rings. The normalized spacial score (nSPS) is 38.5. The zero-order valence-corrected chi connectivity index (χ0v) is 7.79. The average Bonchev–Trinajstić information content (AvgIpc) is 2.80. The van der Waals surface area contributed by atoms with Gasteiger partial charge in [-0.1, -0.05) is 0 Å². The number of rotatable bonds is 3. The second-order valence-electron chi connectivity index (χ2n) is 4.40. The Balaban J connectivity index is 1.76. The van der Waals surface area contributed by atoms with Crippen LogP contribution >= 0.6 is 0 Å². The predicted molar refractivity (Wildman–Crippen MR) is 49.0 cm³/mol. The quantitative estimate of drug-likeness (QED) is 0.667. The smallest absolute Gasteiger partial charge is 0.0693 e. The van der Waals surface area contributed by atoms with Crippen molar-refractivity contribution in [2.24, 2.45) is 5.92 Å². The van der Waals surface area contributed by atoms with Gasteiger partial charge in [0.2, 0.25) is 0 Å². The van der Waals surface area contributed by atoms with Crippen LogP contribution in [0.2, 0.25) is 0 Å². The van der Waals surface area contributed by atoms with Crippen LogP contribution in [0.4, 0.5) is 0 Å². The fourth-order valence-electron chi connectivity index (χ4n) is 2.20. The third-order valence-electron chi connectivity index (χ3n) is 3.29. The summed E-state index contributed by atoms with van der Waals surface area (Å²) < 4.78 is 0. The summed E-state index contributed by atoms with van der Waals surface area (Å²) in [4.78, 5) is 0. The number of aliphatic hydroxyl groups is 1. The van der Waals surface area contributed by atoms with Gasteiger partial charge in [0.1, 0.15) is 0 Å². The SMILES string of the molecule is CC(NC1CCCC1O)C1CC1. The second kappa shape index (κ2) is 3.35. The van der Waals surface area contributed by atoms with Crippen molar-refractivity contribution in [2.75, 3.05) is 0 Å². The van der Waals surface area contributed by atoms with Crippen molar-refractivity contribution in [3.8, 4) is 0 Å². The summed E-state index contributed by atoms with van der Waals surface area (Å²) in [6.07, 6.45) is 6.04. The topological polar surface area (TPSA) is 32.3 Å². The maximum absolute atomic E-state index is 9.58. The molecule has 2 nitrogen and oxygen atoms in total. The first-order valence-corrected chi connectivity index (χ1v) is 5.21. The van der Waals surface area contributed by atoms with Crippen LogP contribution in [0.5, 0.6) is 0 Å². The molecule has 2 aliphatic rings. The summed E-state index contributed by atoms with van der Waals surface area (Å²) >= 11 is 0. The van der Waals surface area contributed by atoms with Gasteiger partial charge in [-0.15, -0.1) is 0 Å². The molecule has 0 heterocycles. The zero-order chi connectivity index (χ0) is 8.55. The predicted octanol–water partition coefficient (Wildman–Crippen LogP) is 1.29. The Bertz CT molecular complexity index is 156. The van der Waals surface area contributed by atoms with Gasteiger partial charge in [0.05, 0.1) is 6.10 Å². The molecule has 2 rings (SSSR count). The van der Waals surface area contributed by atoms with Crippen LogP contribution in [0.3, 0.4) is 0 Å². The van der Waals surface area contributed by atoms with Crippen molar-refractivity contribution in [3.05, 3.63) is 0 Å². The molecule has 0 amide bonds. The first kappa shape index (κ1) is 8.52. The van der Waals surface area contributed by atoms with E-state index in [0.717, 1.165) is 18.8 Å². The molecule has 70 valence electrons. The fraction of sp³-hybridized carbons (Fsp3) is 1.00. The number of hydrogen-bond donors (Lipinski definition) is 2. The van der Waals surface area contributed by atoms with Crippen molar-refractivity contribution in [1.82, 2.24) is 5.32 Å². The van der Waals surface area contributed by atoms with E-state index in [1.54, 1.807) is 0 Å². The van der Waals surface area contributed by atoms with Crippen LogP contribution in [-0.4, -0.2) is 23.3 Å². The molecule has 2 N–H and O–H groups in total. The minimum absolute atomic E-state index is 0.0776. The minimum atomic E-state index is -0.0776. The molecule has 12 heavy (non-hydrogen) atoms. The Morgan fingerprint density at radius 2 is 2.00 bits per heavy atom. The van der Waals surface area contributed by atoms with Crippen molar-refractivity contribution >= 4 is 0 Å². The van der Waals surface area contributed by atoms with Gasteiger partial charge in [0.25, 0.3) is 0 Å². The molecule has 2 heteroatoms. The van der Waals surface area contributed by atoms with E-state index in [9.17, 15) is 5.11 Å². The molecule has 0 aromatic carbocycles. The van der Waals surface area contributed by atoms with E-state index >= 15 is 0 Å². The van der Waals surface area contributed by atoms with E-state index in [1.165, 1.54) is 19.3 Å². The van der Waals surface area contributed by atoms with Gasteiger partial charge in [-0.3, -0.25) is 0 Å². The van der Waals surface area contributed by atoms with Crippen molar-refractivity contribution in [2.45, 2.75) is 57.2 Å². The van der Waals surface area contributed by atoms with Gasteiger partial charge in [0, 0.05) is 12.1 Å². The van der Waals surface area contributed by atoms with Crippen LogP contribution in [0.1, 0.15) is 39.0 Å². The number of aliphatic hydroxyl groups excluding tert-OH is 1. The summed E-state index contributed by atoms with van der Waals surface area (Å²) in [7, 11) is 0. The molecule has 3 atom stereocenters. The Morgan fingerprint density at radius 1 is 1.25 bits per heavy atom. The molecule has 2 saturated carbocycles. The van der Waals surface area contributed by atoms with E-state index in [0.29, 0.717) is 12.1 Å². The summed E-state index contributed by atoms with van der Waals surface area (Å²) in [6.45, 7) is 2.25. The largest absolute Gasteiger partial charge is 0.392 e. The van der Waals surface area contributed by atoms with Gasteiger partial charge < -0.3 is 10.4 Å². The monoisotopic (exact) mass is 169 g/mol. The highest BCUT2D eigenvalue weighted by Gasteiger charge is 2.32.